The largest absolute Gasteiger partial charge is 0.461 e. The number of aliphatic hydroxyl groups is 3. The molecule has 7 aliphatic carbocycles. The monoisotopic (exact) mass is 716 g/mol. The molecule has 1 spiro atoms. The van der Waals surface area contributed by atoms with Gasteiger partial charge in [-0.25, -0.2) is 14.4 Å². The van der Waals surface area contributed by atoms with Gasteiger partial charge in [-0.15, -0.1) is 0 Å². The van der Waals surface area contributed by atoms with E-state index in [0.717, 1.165) is 0 Å². The van der Waals surface area contributed by atoms with Crippen LogP contribution in [0.1, 0.15) is 72.6 Å². The number of ketones is 2. The van der Waals surface area contributed by atoms with E-state index in [1.54, 1.807) is 13.8 Å². The van der Waals surface area contributed by atoms with Crippen molar-refractivity contribution in [3.63, 3.8) is 0 Å². The number of esters is 4. The molecule has 3 N–H and O–H groups in total. The molecule has 1 unspecified atom stereocenters. The Morgan fingerprint density at radius 2 is 1.54 bits per heavy atom. The van der Waals surface area contributed by atoms with Crippen molar-refractivity contribution in [1.82, 2.24) is 0 Å². The second kappa shape index (κ2) is 9.40. The van der Waals surface area contributed by atoms with E-state index in [-0.39, 0.29) is 84.9 Å². The van der Waals surface area contributed by atoms with Crippen molar-refractivity contribution < 1.29 is 63.0 Å². The van der Waals surface area contributed by atoms with Crippen LogP contribution in [0.4, 0.5) is 0 Å². The zero-order valence-electron chi connectivity index (χ0n) is 29.3. The second-order valence-corrected chi connectivity index (χ2v) is 17.6. The topological polar surface area (TPSA) is 200 Å². The van der Waals surface area contributed by atoms with Gasteiger partial charge in [-0.3, -0.25) is 14.4 Å². The molecule has 0 aromatic heterocycles. The van der Waals surface area contributed by atoms with E-state index in [2.05, 4.69) is 0 Å². The number of hydrogen-bond acceptors (Lipinski definition) is 13. The zero-order valence-corrected chi connectivity index (χ0v) is 29.3. The summed E-state index contributed by atoms with van der Waals surface area (Å²) in [5.74, 6) is -9.47. The fraction of sp³-hybridized carbons (Fsp3) is 0.641. The van der Waals surface area contributed by atoms with Gasteiger partial charge in [-0.05, 0) is 92.3 Å². The van der Waals surface area contributed by atoms with Crippen molar-refractivity contribution >= 4 is 35.4 Å². The van der Waals surface area contributed by atoms with Gasteiger partial charge >= 0.3 is 23.9 Å². The quantitative estimate of drug-likeness (QED) is 0.242. The van der Waals surface area contributed by atoms with Crippen LogP contribution >= 0.6 is 0 Å². The van der Waals surface area contributed by atoms with Crippen LogP contribution in [-0.2, 0) is 47.7 Å². The molecule has 2 bridgehead atoms. The Hall–Kier alpha value is -3.94. The van der Waals surface area contributed by atoms with E-state index in [4.69, 9.17) is 18.9 Å². The molecule has 10 aliphatic rings. The maximum Gasteiger partial charge on any atom is 0.337 e. The Bertz CT molecular complexity index is 2050. The van der Waals surface area contributed by atoms with Crippen LogP contribution in [0.25, 0.3) is 0 Å². The molecule has 3 aliphatic heterocycles. The summed E-state index contributed by atoms with van der Waals surface area (Å²) in [5, 5.41) is 38.0. The van der Waals surface area contributed by atoms with E-state index in [1.807, 2.05) is 6.92 Å². The van der Waals surface area contributed by atoms with Gasteiger partial charge < -0.3 is 34.3 Å². The summed E-state index contributed by atoms with van der Waals surface area (Å²) in [7, 11) is 0. The van der Waals surface area contributed by atoms with Crippen LogP contribution in [0.2, 0.25) is 0 Å². The molecule has 0 saturated heterocycles. The van der Waals surface area contributed by atoms with Crippen LogP contribution in [0.15, 0.2) is 45.1 Å². The van der Waals surface area contributed by atoms with Gasteiger partial charge in [0.1, 0.15) is 24.6 Å². The average molecular weight is 717 g/mol. The van der Waals surface area contributed by atoms with Crippen molar-refractivity contribution in [3.05, 3.63) is 45.1 Å². The average Bonchev–Trinajstić information content (AvgIpc) is 3.99. The number of fused-ring (bicyclic) bond motifs is 9. The fourth-order valence-electron chi connectivity index (χ4n) is 13.1. The van der Waals surface area contributed by atoms with Gasteiger partial charge in [0, 0.05) is 53.0 Å². The lowest BCUT2D eigenvalue weighted by molar-refractivity contribution is -0.202. The summed E-state index contributed by atoms with van der Waals surface area (Å²) >= 11 is 0. The first-order valence-corrected chi connectivity index (χ1v) is 18.3. The highest BCUT2D eigenvalue weighted by Crippen LogP contribution is 2.84. The van der Waals surface area contributed by atoms with Gasteiger partial charge in [0.25, 0.3) is 5.79 Å². The molecule has 52 heavy (non-hydrogen) atoms. The zero-order chi connectivity index (χ0) is 36.9. The number of Topliss-reactive ketones (excluding diaryl/α,β-unsaturated/α-hetero) is 2. The maximum absolute atomic E-state index is 14.5. The van der Waals surface area contributed by atoms with Crippen LogP contribution in [0.3, 0.4) is 0 Å². The Balaban J connectivity index is 1.24. The number of carbonyl (C=O) groups is 6. The standard InChI is InChI=1S/C39H40O13/c1-15-7-27(42)50-14-37(47)23-9-20(23)34(3)24(37)11-19-18(8-17(40)5-6-26(41)49-13-15)32(44)51-38(19)25(34)12-36(46)22-10-21(22)35(4)30(36)29(38)28-16(2)31(43)52-39(28,48)33(35)45/h7,20-25,46-48H,5-6,8-14H2,1-4H3/b15-7+/t20-,21-,22+,23+,24?,25+,34+,35+,36+,37+,38+,39+/m1/s1. The number of ether oxygens (including phenoxy) is 4. The number of cyclic esters (lactones) is 2. The molecular formula is C39H40O13. The summed E-state index contributed by atoms with van der Waals surface area (Å²) in [5.41, 5.74) is -5.96. The van der Waals surface area contributed by atoms with Crippen LogP contribution < -0.4 is 0 Å². The van der Waals surface area contributed by atoms with E-state index in [9.17, 15) is 44.1 Å². The smallest absolute Gasteiger partial charge is 0.337 e. The van der Waals surface area contributed by atoms with Crippen molar-refractivity contribution in [2.45, 2.75) is 95.2 Å². The molecule has 0 aromatic carbocycles. The second-order valence-electron chi connectivity index (χ2n) is 17.6. The molecule has 274 valence electrons. The Morgan fingerprint density at radius 1 is 0.808 bits per heavy atom. The van der Waals surface area contributed by atoms with Gasteiger partial charge in [0.05, 0.1) is 17.4 Å². The van der Waals surface area contributed by atoms with E-state index < -0.39 is 87.1 Å². The molecule has 13 heteroatoms. The van der Waals surface area contributed by atoms with Crippen molar-refractivity contribution in [2.75, 3.05) is 13.2 Å². The molecule has 10 rings (SSSR count). The van der Waals surface area contributed by atoms with E-state index in [1.165, 1.54) is 13.0 Å². The normalized spacial score (nSPS) is 50.9. The molecule has 3 heterocycles. The SMILES string of the molecule is CC1=C2C3=C4[C@@](C)(C(=O)[C@@]2(O)OC1=O)[C@@H]1C[C@@H]1[C@@]4(O)C[C@@H]1[C@]32OC(=O)C3=C2CC2[C@]1(C)[C@@H]1C[C@@H]1[C@@]2(O)COC(=O)/C=C(\C)COC(=O)CCC(=O)C3. The predicted molar refractivity (Wildman–Crippen MR) is 172 cm³/mol. The van der Waals surface area contributed by atoms with Gasteiger partial charge in [0.15, 0.2) is 5.60 Å². The number of carbonyl (C=O) groups excluding carboxylic acids is 6. The van der Waals surface area contributed by atoms with E-state index >= 15 is 0 Å². The first-order valence-electron chi connectivity index (χ1n) is 18.3. The molecule has 0 aromatic rings. The third-order valence-electron chi connectivity index (χ3n) is 15.3. The van der Waals surface area contributed by atoms with Gasteiger partial charge in [-0.1, -0.05) is 6.92 Å². The lowest BCUT2D eigenvalue weighted by atomic mass is 9.42. The summed E-state index contributed by atoms with van der Waals surface area (Å²) in [6.45, 7) is 6.17. The highest BCUT2D eigenvalue weighted by Gasteiger charge is 2.87. The molecule has 5 saturated carbocycles. The minimum atomic E-state index is -2.69. The van der Waals surface area contributed by atoms with Crippen LogP contribution in [0, 0.1) is 46.3 Å². The predicted octanol–water partition coefficient (Wildman–Crippen LogP) is 1.62. The van der Waals surface area contributed by atoms with Gasteiger partial charge in [-0.2, -0.15) is 0 Å². The molecule has 5 fully saturated rings. The number of hydrogen-bond donors (Lipinski definition) is 3. The highest BCUT2D eigenvalue weighted by atomic mass is 16.7. The summed E-state index contributed by atoms with van der Waals surface area (Å²) < 4.78 is 23.1. The highest BCUT2D eigenvalue weighted by molar-refractivity contribution is 6.10. The fourth-order valence-corrected chi connectivity index (χ4v) is 13.1. The lowest BCUT2D eigenvalue weighted by Gasteiger charge is -2.63. The van der Waals surface area contributed by atoms with Crippen LogP contribution in [-0.4, -0.2) is 86.6 Å². The lowest BCUT2D eigenvalue weighted by Crippen LogP contribution is -2.68. The summed E-state index contributed by atoms with van der Waals surface area (Å²) in [6.07, 6.45) is 1.47. The first kappa shape index (κ1) is 32.7. The van der Waals surface area contributed by atoms with Crippen molar-refractivity contribution in [1.29, 1.82) is 0 Å². The molecule has 12 atom stereocenters. The Kier molecular flexibility index (Phi) is 5.91. The first-order chi connectivity index (χ1) is 24.4. The van der Waals surface area contributed by atoms with Gasteiger partial charge in [0.2, 0.25) is 5.78 Å². The van der Waals surface area contributed by atoms with E-state index in [0.29, 0.717) is 29.6 Å². The summed E-state index contributed by atoms with van der Waals surface area (Å²) in [6, 6.07) is 0. The molecule has 13 nitrogen and oxygen atoms in total. The minimum absolute atomic E-state index is 0.0333. The Labute approximate surface area is 298 Å². The number of rotatable bonds is 0. The maximum atomic E-state index is 14.5. The molecule has 0 radical (unpaired) electrons. The molecule has 0 amide bonds. The van der Waals surface area contributed by atoms with Crippen molar-refractivity contribution in [2.24, 2.45) is 46.3 Å². The minimum Gasteiger partial charge on any atom is -0.461 e. The van der Waals surface area contributed by atoms with Crippen LogP contribution in [0.5, 0.6) is 0 Å². The summed E-state index contributed by atoms with van der Waals surface area (Å²) in [4.78, 5) is 81.4. The third-order valence-corrected chi connectivity index (χ3v) is 15.3. The Morgan fingerprint density at radius 3 is 2.29 bits per heavy atom. The van der Waals surface area contributed by atoms with Crippen molar-refractivity contribution in [3.8, 4) is 0 Å². The molecular weight excluding hydrogens is 676 g/mol. The third kappa shape index (κ3) is 3.43.